The van der Waals surface area contributed by atoms with E-state index >= 15 is 4.21 Å². The minimum absolute atomic E-state index is 0.0529. The Morgan fingerprint density at radius 1 is 1.02 bits per heavy atom. The van der Waals surface area contributed by atoms with Gasteiger partial charge in [0, 0.05) is 46.5 Å². The number of aryl methyl sites for hydroxylation is 1. The van der Waals surface area contributed by atoms with E-state index in [0.717, 1.165) is 11.1 Å². The zero-order valence-corrected chi connectivity index (χ0v) is 32.1. The highest BCUT2D eigenvalue weighted by molar-refractivity contribution is 7.85. The van der Waals surface area contributed by atoms with E-state index in [0.29, 0.717) is 70.0 Å². The monoisotopic (exact) mass is 777 g/mol. The summed E-state index contributed by atoms with van der Waals surface area (Å²) in [4.78, 5) is 31.5. The number of hydrogen-bond acceptors (Lipinski definition) is 15. The second-order valence-corrected chi connectivity index (χ2v) is 16.7. The molecular formula is C39H43N3O12S. The SMILES string of the molecule is COc1cc2c(cc1O)CCN[C@]21C[S@](=O)C2c3c(OC(C)=O)c(C)c4c(c3[C@H](COC1=O)N1[C@@H](O)[C@@H]3Cc5cc(C)c(OC)c(O)c5[C@H]([C@H]21)N3C)OCO4. The summed E-state index contributed by atoms with van der Waals surface area (Å²) in [6.07, 6.45) is -0.330. The van der Waals surface area contributed by atoms with Gasteiger partial charge in [-0.25, -0.2) is 4.79 Å². The fraction of sp³-hybridized carbons (Fsp3) is 0.487. The highest BCUT2D eigenvalue weighted by atomic mass is 32.2. The highest BCUT2D eigenvalue weighted by Crippen LogP contribution is 2.63. The summed E-state index contributed by atoms with van der Waals surface area (Å²) < 4.78 is 51.5. The Morgan fingerprint density at radius 3 is 2.51 bits per heavy atom. The molecule has 0 aliphatic carbocycles. The summed E-state index contributed by atoms with van der Waals surface area (Å²) in [6, 6.07) is 2.16. The number of benzene rings is 3. The average molecular weight is 778 g/mol. The number of rotatable bonds is 3. The number of esters is 2. The van der Waals surface area contributed by atoms with Crippen molar-refractivity contribution in [2.24, 2.45) is 0 Å². The van der Waals surface area contributed by atoms with Crippen molar-refractivity contribution in [3.05, 3.63) is 62.7 Å². The van der Waals surface area contributed by atoms with E-state index in [-0.39, 0.29) is 42.2 Å². The van der Waals surface area contributed by atoms with E-state index in [4.69, 9.17) is 28.4 Å². The van der Waals surface area contributed by atoms with E-state index in [9.17, 15) is 24.9 Å². The highest BCUT2D eigenvalue weighted by Gasteiger charge is 2.63. The Kier molecular flexibility index (Phi) is 8.33. The number of carbonyl (C=O) groups excluding carboxylic acids is 2. The zero-order chi connectivity index (χ0) is 38.8. The summed E-state index contributed by atoms with van der Waals surface area (Å²) in [5.74, 6) is -0.492. The van der Waals surface area contributed by atoms with E-state index in [1.165, 1.54) is 21.1 Å². The molecule has 0 radical (unpaired) electrons. The maximum absolute atomic E-state index is 15.9. The van der Waals surface area contributed by atoms with E-state index < -0.39 is 63.9 Å². The van der Waals surface area contributed by atoms with Crippen LogP contribution in [0.3, 0.4) is 0 Å². The van der Waals surface area contributed by atoms with Crippen molar-refractivity contribution in [1.82, 2.24) is 15.1 Å². The lowest BCUT2D eigenvalue weighted by molar-refractivity contribution is -0.186. The minimum Gasteiger partial charge on any atom is -0.504 e. The van der Waals surface area contributed by atoms with Gasteiger partial charge in [0.1, 0.15) is 18.6 Å². The molecule has 2 saturated heterocycles. The first-order chi connectivity index (χ1) is 26.3. The van der Waals surface area contributed by atoms with Crippen LogP contribution in [0.25, 0.3) is 0 Å². The third-order valence-electron chi connectivity index (χ3n) is 12.4. The molecule has 4 N–H and O–H groups in total. The summed E-state index contributed by atoms with van der Waals surface area (Å²) in [5.41, 5.74) is 2.93. The Hall–Kier alpha value is -4.61. The van der Waals surface area contributed by atoms with Gasteiger partial charge in [0.25, 0.3) is 0 Å². The van der Waals surface area contributed by atoms with Gasteiger partial charge in [-0.1, -0.05) is 6.07 Å². The number of phenolic OH excluding ortho intramolecular Hbond substituents is 2. The third-order valence-corrected chi connectivity index (χ3v) is 14.2. The molecule has 0 aromatic heterocycles. The maximum Gasteiger partial charge on any atom is 0.332 e. The number of piperazine rings is 1. The Bertz CT molecular complexity index is 2210. The molecule has 1 unspecified atom stereocenters. The summed E-state index contributed by atoms with van der Waals surface area (Å²) >= 11 is 0. The second-order valence-electron chi connectivity index (χ2n) is 15.1. The Morgan fingerprint density at radius 2 is 1.78 bits per heavy atom. The van der Waals surface area contributed by atoms with E-state index in [1.807, 2.05) is 29.8 Å². The quantitative estimate of drug-likeness (QED) is 0.224. The van der Waals surface area contributed by atoms with Crippen molar-refractivity contribution in [3.63, 3.8) is 0 Å². The van der Waals surface area contributed by atoms with Gasteiger partial charge in [-0.05, 0) is 68.1 Å². The molecule has 8 atom stereocenters. The predicted molar refractivity (Wildman–Crippen MR) is 195 cm³/mol. The Balaban J connectivity index is 1.35. The lowest BCUT2D eigenvalue weighted by Gasteiger charge is -2.62. The molecule has 3 aromatic rings. The van der Waals surface area contributed by atoms with Gasteiger partial charge in [0.15, 0.2) is 40.0 Å². The molecule has 2 fully saturated rings. The van der Waals surface area contributed by atoms with Gasteiger partial charge in [-0.15, -0.1) is 0 Å². The van der Waals surface area contributed by atoms with Crippen LogP contribution in [0.4, 0.5) is 0 Å². The number of likely N-dealkylation sites (N-methyl/N-ethyl adjacent to an activating group) is 1. The summed E-state index contributed by atoms with van der Waals surface area (Å²) in [5, 5.41) is 37.6. The second kappa shape index (κ2) is 12.7. The molecule has 0 saturated carbocycles. The molecule has 7 aliphatic rings. The molecular weight excluding hydrogens is 735 g/mol. The van der Waals surface area contributed by atoms with Crippen LogP contribution in [0.15, 0.2) is 18.2 Å². The predicted octanol–water partition coefficient (Wildman–Crippen LogP) is 2.43. The number of fused-ring (bicyclic) bond motifs is 9. The molecule has 16 heteroatoms. The van der Waals surface area contributed by atoms with Crippen LogP contribution in [0, 0.1) is 13.8 Å². The van der Waals surface area contributed by atoms with Crippen LogP contribution >= 0.6 is 0 Å². The van der Waals surface area contributed by atoms with Crippen LogP contribution in [0.5, 0.6) is 40.2 Å². The van der Waals surface area contributed by atoms with Gasteiger partial charge < -0.3 is 43.7 Å². The number of carbonyl (C=O) groups is 2. The van der Waals surface area contributed by atoms with Crippen molar-refractivity contribution >= 4 is 22.7 Å². The third kappa shape index (κ3) is 4.90. The van der Waals surface area contributed by atoms with Crippen molar-refractivity contribution < 1.29 is 57.5 Å². The maximum atomic E-state index is 15.9. The van der Waals surface area contributed by atoms with Crippen LogP contribution in [0.2, 0.25) is 0 Å². The van der Waals surface area contributed by atoms with Crippen molar-refractivity contribution in [2.75, 3.05) is 47.0 Å². The van der Waals surface area contributed by atoms with Crippen LogP contribution in [-0.4, -0.2) is 107 Å². The first-order valence-electron chi connectivity index (χ1n) is 18.2. The van der Waals surface area contributed by atoms with Gasteiger partial charge >= 0.3 is 11.9 Å². The molecule has 10 rings (SSSR count). The Labute approximate surface area is 319 Å². The first-order valence-corrected chi connectivity index (χ1v) is 19.6. The molecule has 55 heavy (non-hydrogen) atoms. The molecule has 7 aliphatic heterocycles. The van der Waals surface area contributed by atoms with Gasteiger partial charge in [-0.2, -0.15) is 0 Å². The van der Waals surface area contributed by atoms with Gasteiger partial charge in [-0.3, -0.25) is 24.1 Å². The molecule has 15 nitrogen and oxygen atoms in total. The molecule has 0 amide bonds. The number of aliphatic hydroxyl groups excluding tert-OH is 1. The normalized spacial score (nSPS) is 30.5. The standard InChI is InChI=1S/C39H43N3O12S/c1-16-9-20-10-22-37(46)42-23-13-51-38(47)39(21-12-25(49-5)24(44)11-19(21)7-8-40-39)14-55(48)36(30(42)29(41(22)4)26(20)31(45)32(16)50-6)28-27(23)35-34(52-15-53-35)17(2)33(28)54-18(3)43/h9,11-12,22-23,29-30,36-37,40,44-46H,7-8,10,13-15H2,1-6H3/t22-,23-,29+,30+,36?,37-,39+,55-/m0/s1. The average Bonchev–Trinajstić information content (AvgIpc) is 3.64. The number of aliphatic hydroxyl groups is 1. The molecule has 3 aromatic carbocycles. The van der Waals surface area contributed by atoms with Crippen LogP contribution < -0.4 is 29.0 Å². The smallest absolute Gasteiger partial charge is 0.332 e. The van der Waals surface area contributed by atoms with Crippen molar-refractivity contribution in [2.45, 2.75) is 74.8 Å². The largest absolute Gasteiger partial charge is 0.504 e. The van der Waals surface area contributed by atoms with E-state index in [1.54, 1.807) is 19.1 Å². The minimum atomic E-state index is -2.06. The number of methoxy groups -OCH3 is 2. The number of nitrogens with zero attached hydrogens (tertiary/aromatic N) is 2. The molecule has 1 spiro atoms. The van der Waals surface area contributed by atoms with Crippen LogP contribution in [-0.2, 0) is 43.5 Å². The van der Waals surface area contributed by atoms with Crippen LogP contribution in [0.1, 0.15) is 68.8 Å². The topological polar surface area (TPSA) is 186 Å². The van der Waals surface area contributed by atoms with Crippen molar-refractivity contribution in [1.29, 1.82) is 0 Å². The van der Waals surface area contributed by atoms with E-state index in [2.05, 4.69) is 5.32 Å². The fourth-order valence-electron chi connectivity index (χ4n) is 10.2. The number of hydrogen-bond donors (Lipinski definition) is 4. The number of phenols is 2. The van der Waals surface area contributed by atoms with Crippen molar-refractivity contribution in [3.8, 4) is 40.2 Å². The number of ether oxygens (including phenoxy) is 6. The summed E-state index contributed by atoms with van der Waals surface area (Å²) in [7, 11) is 2.72. The van der Waals surface area contributed by atoms with Gasteiger partial charge in [0.2, 0.25) is 6.79 Å². The zero-order valence-electron chi connectivity index (χ0n) is 31.3. The summed E-state index contributed by atoms with van der Waals surface area (Å²) in [6.45, 7) is 4.77. The molecule has 7 heterocycles. The fourth-order valence-corrected chi connectivity index (χ4v) is 12.3. The lowest BCUT2D eigenvalue weighted by Crippen LogP contribution is -2.70. The lowest BCUT2D eigenvalue weighted by atomic mass is 9.73. The molecule has 4 bridgehead atoms. The number of aromatic hydroxyl groups is 2. The first kappa shape index (κ1) is 36.1. The number of nitrogens with one attached hydrogen (secondary N) is 1. The van der Waals surface area contributed by atoms with Gasteiger partial charge in [0.05, 0.1) is 49.4 Å². The molecule has 292 valence electrons.